The van der Waals surface area contributed by atoms with Crippen molar-refractivity contribution in [3.63, 3.8) is 0 Å². The SMILES string of the molecule is COc1c(F)cccc1[C@H](N)CC(F)(F)F. The summed E-state index contributed by atoms with van der Waals surface area (Å²) in [7, 11) is 1.18. The van der Waals surface area contributed by atoms with Crippen molar-refractivity contribution in [2.24, 2.45) is 5.73 Å². The van der Waals surface area contributed by atoms with Gasteiger partial charge in [-0.3, -0.25) is 0 Å². The molecule has 0 bridgehead atoms. The molecule has 0 radical (unpaired) electrons. The van der Waals surface area contributed by atoms with Gasteiger partial charge in [0, 0.05) is 11.6 Å². The molecule has 0 aliphatic rings. The lowest BCUT2D eigenvalue weighted by Gasteiger charge is -2.17. The Morgan fingerprint density at radius 3 is 2.50 bits per heavy atom. The summed E-state index contributed by atoms with van der Waals surface area (Å²) in [5.74, 6) is -0.961. The van der Waals surface area contributed by atoms with E-state index in [1.54, 1.807) is 0 Å². The van der Waals surface area contributed by atoms with Crippen molar-refractivity contribution >= 4 is 0 Å². The minimum Gasteiger partial charge on any atom is -0.493 e. The Labute approximate surface area is 90.0 Å². The van der Waals surface area contributed by atoms with Gasteiger partial charge in [-0.05, 0) is 6.07 Å². The van der Waals surface area contributed by atoms with E-state index in [9.17, 15) is 17.6 Å². The maximum absolute atomic E-state index is 13.2. The second-order valence-corrected chi connectivity index (χ2v) is 3.29. The molecule has 2 nitrogen and oxygen atoms in total. The highest BCUT2D eigenvalue weighted by molar-refractivity contribution is 5.37. The first-order valence-electron chi connectivity index (χ1n) is 4.50. The second-order valence-electron chi connectivity index (χ2n) is 3.29. The van der Waals surface area contributed by atoms with Crippen LogP contribution in [-0.4, -0.2) is 13.3 Å². The number of rotatable bonds is 3. The van der Waals surface area contributed by atoms with Crippen molar-refractivity contribution in [1.82, 2.24) is 0 Å². The van der Waals surface area contributed by atoms with E-state index >= 15 is 0 Å². The molecule has 1 rings (SSSR count). The Balaban J connectivity index is 2.99. The van der Waals surface area contributed by atoms with E-state index in [0.717, 1.165) is 6.07 Å². The normalized spacial score (nSPS) is 13.6. The first-order chi connectivity index (χ1) is 7.35. The number of nitrogens with two attached hydrogens (primary N) is 1. The monoisotopic (exact) mass is 237 g/mol. The lowest BCUT2D eigenvalue weighted by atomic mass is 10.0. The molecule has 16 heavy (non-hydrogen) atoms. The molecule has 90 valence electrons. The van der Waals surface area contributed by atoms with Crippen molar-refractivity contribution in [2.45, 2.75) is 18.6 Å². The van der Waals surface area contributed by atoms with E-state index < -0.39 is 24.5 Å². The van der Waals surface area contributed by atoms with Crippen molar-refractivity contribution in [3.05, 3.63) is 29.6 Å². The highest BCUT2D eigenvalue weighted by Crippen LogP contribution is 2.33. The summed E-state index contributed by atoms with van der Waals surface area (Å²) < 4.78 is 54.2. The molecule has 1 aromatic rings. The van der Waals surface area contributed by atoms with Crippen molar-refractivity contribution in [3.8, 4) is 5.75 Å². The van der Waals surface area contributed by atoms with E-state index in [1.165, 1.54) is 19.2 Å². The first kappa shape index (κ1) is 12.8. The van der Waals surface area contributed by atoms with Gasteiger partial charge in [0.15, 0.2) is 11.6 Å². The quantitative estimate of drug-likeness (QED) is 0.820. The zero-order chi connectivity index (χ0) is 12.3. The summed E-state index contributed by atoms with van der Waals surface area (Å²) in [5.41, 5.74) is 5.37. The number of para-hydroxylation sites is 1. The van der Waals surface area contributed by atoms with Crippen LogP contribution < -0.4 is 10.5 Å². The number of alkyl halides is 3. The van der Waals surface area contributed by atoms with Crippen molar-refractivity contribution in [2.75, 3.05) is 7.11 Å². The minimum atomic E-state index is -4.39. The summed E-state index contributed by atoms with van der Waals surface area (Å²) in [6, 6.07) is 2.38. The van der Waals surface area contributed by atoms with E-state index in [2.05, 4.69) is 4.74 Å². The molecule has 6 heteroatoms. The van der Waals surface area contributed by atoms with E-state index in [-0.39, 0.29) is 11.3 Å². The van der Waals surface area contributed by atoms with E-state index in [0.29, 0.717) is 0 Å². The highest BCUT2D eigenvalue weighted by atomic mass is 19.4. The summed E-state index contributed by atoms with van der Waals surface area (Å²) >= 11 is 0. The predicted octanol–water partition coefficient (Wildman–Crippen LogP) is 2.79. The molecule has 2 N–H and O–H groups in total. The zero-order valence-corrected chi connectivity index (χ0v) is 8.51. The third-order valence-corrected chi connectivity index (χ3v) is 2.05. The maximum Gasteiger partial charge on any atom is 0.390 e. The molecule has 0 amide bonds. The molecular weight excluding hydrogens is 226 g/mol. The van der Waals surface area contributed by atoms with Gasteiger partial charge in [0.2, 0.25) is 0 Å². The molecule has 0 aliphatic heterocycles. The standard InChI is InChI=1S/C10H11F4NO/c1-16-9-6(3-2-4-7(9)11)8(15)5-10(12,13)14/h2-4,8H,5,15H2,1H3/t8-/m1/s1. The van der Waals surface area contributed by atoms with Crippen LogP contribution in [0.5, 0.6) is 5.75 Å². The van der Waals surface area contributed by atoms with E-state index in [4.69, 9.17) is 5.73 Å². The third-order valence-electron chi connectivity index (χ3n) is 2.05. The molecule has 0 unspecified atom stereocenters. The lowest BCUT2D eigenvalue weighted by molar-refractivity contribution is -0.138. The van der Waals surface area contributed by atoms with Crippen LogP contribution in [0.15, 0.2) is 18.2 Å². The number of methoxy groups -OCH3 is 1. The van der Waals surface area contributed by atoms with Crippen LogP contribution in [0.4, 0.5) is 17.6 Å². The number of hydrogen-bond acceptors (Lipinski definition) is 2. The Hall–Kier alpha value is -1.30. The van der Waals surface area contributed by atoms with Gasteiger partial charge in [-0.15, -0.1) is 0 Å². The smallest absolute Gasteiger partial charge is 0.390 e. The van der Waals surface area contributed by atoms with Crippen LogP contribution in [-0.2, 0) is 0 Å². The number of halogens is 4. The van der Waals surface area contributed by atoms with Gasteiger partial charge in [-0.1, -0.05) is 12.1 Å². The van der Waals surface area contributed by atoms with Gasteiger partial charge in [-0.2, -0.15) is 13.2 Å². The Morgan fingerprint density at radius 1 is 1.38 bits per heavy atom. The summed E-state index contributed by atoms with van der Waals surface area (Å²) in [6.07, 6.45) is -5.61. The number of benzene rings is 1. The molecule has 0 heterocycles. The molecule has 1 atom stereocenters. The molecule has 0 saturated heterocycles. The fourth-order valence-electron chi connectivity index (χ4n) is 1.39. The number of hydrogen-bond donors (Lipinski definition) is 1. The fraction of sp³-hybridized carbons (Fsp3) is 0.400. The van der Waals surface area contributed by atoms with Crippen LogP contribution in [0.3, 0.4) is 0 Å². The summed E-state index contributed by atoms with van der Waals surface area (Å²) in [5, 5.41) is 0. The molecule has 0 spiro atoms. The minimum absolute atomic E-state index is 0.0137. The predicted molar refractivity (Wildman–Crippen MR) is 50.6 cm³/mol. The Bertz CT molecular complexity index is 364. The van der Waals surface area contributed by atoms with Crippen molar-refractivity contribution < 1.29 is 22.3 Å². The average Bonchev–Trinajstić information content (AvgIpc) is 2.14. The van der Waals surface area contributed by atoms with Crippen LogP contribution in [0.2, 0.25) is 0 Å². The largest absolute Gasteiger partial charge is 0.493 e. The highest BCUT2D eigenvalue weighted by Gasteiger charge is 2.32. The third kappa shape index (κ3) is 3.10. The van der Waals surface area contributed by atoms with Gasteiger partial charge < -0.3 is 10.5 Å². The van der Waals surface area contributed by atoms with Crippen LogP contribution in [0.1, 0.15) is 18.0 Å². The Morgan fingerprint density at radius 2 is 2.00 bits per heavy atom. The summed E-state index contributed by atoms with van der Waals surface area (Å²) in [6.45, 7) is 0. The fourth-order valence-corrected chi connectivity index (χ4v) is 1.39. The van der Waals surface area contributed by atoms with Gasteiger partial charge in [0.25, 0.3) is 0 Å². The molecule has 1 aromatic carbocycles. The van der Waals surface area contributed by atoms with Crippen LogP contribution in [0, 0.1) is 5.82 Å². The second kappa shape index (κ2) is 4.69. The van der Waals surface area contributed by atoms with Crippen molar-refractivity contribution in [1.29, 1.82) is 0 Å². The molecule has 0 saturated carbocycles. The molecular formula is C10H11F4NO. The lowest BCUT2D eigenvalue weighted by Crippen LogP contribution is -2.21. The van der Waals surface area contributed by atoms with Crippen LogP contribution >= 0.6 is 0 Å². The first-order valence-corrected chi connectivity index (χ1v) is 4.50. The van der Waals surface area contributed by atoms with Gasteiger partial charge >= 0.3 is 6.18 Å². The summed E-state index contributed by atoms with van der Waals surface area (Å²) in [4.78, 5) is 0. The van der Waals surface area contributed by atoms with Crippen LogP contribution in [0.25, 0.3) is 0 Å². The van der Waals surface area contributed by atoms with E-state index in [1.807, 2.05) is 0 Å². The molecule has 0 fully saturated rings. The van der Waals surface area contributed by atoms with Gasteiger partial charge in [0.05, 0.1) is 13.5 Å². The molecule has 0 aromatic heterocycles. The average molecular weight is 237 g/mol. The number of ether oxygens (including phenoxy) is 1. The zero-order valence-electron chi connectivity index (χ0n) is 8.51. The molecule has 0 aliphatic carbocycles. The topological polar surface area (TPSA) is 35.2 Å². The Kier molecular flexibility index (Phi) is 3.74. The maximum atomic E-state index is 13.2. The van der Waals surface area contributed by atoms with Gasteiger partial charge in [0.1, 0.15) is 0 Å². The van der Waals surface area contributed by atoms with Gasteiger partial charge in [-0.25, -0.2) is 4.39 Å².